The monoisotopic (exact) mass is 222 g/mol. The van der Waals surface area contributed by atoms with E-state index in [4.69, 9.17) is 10.8 Å². The highest BCUT2D eigenvalue weighted by atomic mass is 16.4. The molecule has 0 heterocycles. The van der Waals surface area contributed by atoms with E-state index in [0.717, 1.165) is 0 Å². The van der Waals surface area contributed by atoms with Gasteiger partial charge >= 0.3 is 5.97 Å². The summed E-state index contributed by atoms with van der Waals surface area (Å²) in [5.41, 5.74) is 7.77. The number of carboxylic acids is 1. The Morgan fingerprint density at radius 1 is 1.50 bits per heavy atom. The molecular formula is C12H18N2O2. The van der Waals surface area contributed by atoms with Crippen LogP contribution in [0.1, 0.15) is 24.1 Å². The van der Waals surface area contributed by atoms with Gasteiger partial charge in [-0.05, 0) is 25.0 Å². The van der Waals surface area contributed by atoms with E-state index in [1.54, 1.807) is 0 Å². The van der Waals surface area contributed by atoms with Gasteiger partial charge in [-0.3, -0.25) is 4.79 Å². The van der Waals surface area contributed by atoms with E-state index in [-0.39, 0.29) is 12.6 Å². The summed E-state index contributed by atoms with van der Waals surface area (Å²) < 4.78 is 0. The molecule has 88 valence electrons. The van der Waals surface area contributed by atoms with Crippen molar-refractivity contribution in [2.24, 2.45) is 5.73 Å². The van der Waals surface area contributed by atoms with Crippen molar-refractivity contribution < 1.29 is 9.90 Å². The first-order valence-electron chi connectivity index (χ1n) is 5.29. The quantitative estimate of drug-likeness (QED) is 0.696. The van der Waals surface area contributed by atoms with Crippen molar-refractivity contribution in [3.8, 4) is 0 Å². The van der Waals surface area contributed by atoms with E-state index in [2.05, 4.69) is 5.32 Å². The smallest absolute Gasteiger partial charge is 0.321 e. The summed E-state index contributed by atoms with van der Waals surface area (Å²) >= 11 is 0. The standard InChI is InChI=1S/C12H18N2O2/c1-8-5-3-4-6-10(8)9(2)14-7-11(13)12(15)16/h3-6,9,11,14H,7,13H2,1-2H3,(H,15,16). The van der Waals surface area contributed by atoms with Gasteiger partial charge in [0.15, 0.2) is 0 Å². The number of benzene rings is 1. The number of nitrogens with one attached hydrogen (secondary N) is 1. The van der Waals surface area contributed by atoms with Crippen LogP contribution in [0.15, 0.2) is 24.3 Å². The largest absolute Gasteiger partial charge is 0.480 e. The Kier molecular flexibility index (Phi) is 4.46. The van der Waals surface area contributed by atoms with E-state index < -0.39 is 12.0 Å². The van der Waals surface area contributed by atoms with Crippen LogP contribution in [0.3, 0.4) is 0 Å². The highest BCUT2D eigenvalue weighted by Crippen LogP contribution is 2.16. The first-order valence-corrected chi connectivity index (χ1v) is 5.29. The van der Waals surface area contributed by atoms with Gasteiger partial charge in [-0.25, -0.2) is 0 Å². The second kappa shape index (κ2) is 5.63. The van der Waals surface area contributed by atoms with Crippen LogP contribution < -0.4 is 11.1 Å². The summed E-state index contributed by atoms with van der Waals surface area (Å²) in [4.78, 5) is 10.6. The normalized spacial score (nSPS) is 14.4. The minimum atomic E-state index is -0.982. The third-order valence-electron chi connectivity index (χ3n) is 2.62. The van der Waals surface area contributed by atoms with E-state index in [0.29, 0.717) is 0 Å². The highest BCUT2D eigenvalue weighted by Gasteiger charge is 2.13. The van der Waals surface area contributed by atoms with Gasteiger partial charge in [0.05, 0.1) is 0 Å². The van der Waals surface area contributed by atoms with Gasteiger partial charge in [0.2, 0.25) is 0 Å². The van der Waals surface area contributed by atoms with Crippen LogP contribution in [0.2, 0.25) is 0 Å². The number of nitrogens with two attached hydrogens (primary N) is 1. The van der Waals surface area contributed by atoms with Crippen molar-refractivity contribution in [1.29, 1.82) is 0 Å². The summed E-state index contributed by atoms with van der Waals surface area (Å²) in [6.45, 7) is 4.30. The molecule has 1 aromatic rings. The number of hydrogen-bond acceptors (Lipinski definition) is 3. The molecule has 0 bridgehead atoms. The Hall–Kier alpha value is -1.39. The predicted molar refractivity (Wildman–Crippen MR) is 63.2 cm³/mol. The molecule has 0 saturated heterocycles. The zero-order valence-electron chi connectivity index (χ0n) is 9.60. The van der Waals surface area contributed by atoms with E-state index in [1.807, 2.05) is 38.1 Å². The lowest BCUT2D eigenvalue weighted by Crippen LogP contribution is -2.41. The van der Waals surface area contributed by atoms with Crippen LogP contribution in [0.4, 0.5) is 0 Å². The average molecular weight is 222 g/mol. The number of rotatable bonds is 5. The van der Waals surface area contributed by atoms with Gasteiger partial charge in [0.25, 0.3) is 0 Å². The van der Waals surface area contributed by atoms with Crippen molar-refractivity contribution in [2.75, 3.05) is 6.54 Å². The molecule has 0 spiro atoms. The number of aliphatic carboxylic acids is 1. The molecule has 4 heteroatoms. The zero-order chi connectivity index (χ0) is 12.1. The molecule has 4 nitrogen and oxygen atoms in total. The molecule has 0 radical (unpaired) electrons. The molecule has 0 fully saturated rings. The van der Waals surface area contributed by atoms with E-state index >= 15 is 0 Å². The number of carbonyl (C=O) groups is 1. The molecule has 0 amide bonds. The van der Waals surface area contributed by atoms with E-state index in [9.17, 15) is 4.79 Å². The molecule has 0 aliphatic heterocycles. The fraction of sp³-hybridized carbons (Fsp3) is 0.417. The van der Waals surface area contributed by atoms with Gasteiger partial charge < -0.3 is 16.2 Å². The molecule has 4 N–H and O–H groups in total. The summed E-state index contributed by atoms with van der Waals surface area (Å²) in [6.07, 6.45) is 0. The van der Waals surface area contributed by atoms with Gasteiger partial charge in [0, 0.05) is 12.6 Å². The Bertz CT molecular complexity index is 366. The Labute approximate surface area is 95.5 Å². The SMILES string of the molecule is Cc1ccccc1C(C)NCC(N)C(=O)O. The average Bonchev–Trinajstić information content (AvgIpc) is 2.25. The fourth-order valence-corrected chi connectivity index (χ4v) is 1.57. The molecular weight excluding hydrogens is 204 g/mol. The lowest BCUT2D eigenvalue weighted by atomic mass is 10.0. The molecule has 0 aliphatic rings. The van der Waals surface area contributed by atoms with Gasteiger partial charge in [0.1, 0.15) is 6.04 Å². The molecule has 1 aromatic carbocycles. The maximum atomic E-state index is 10.6. The van der Waals surface area contributed by atoms with Crippen molar-refractivity contribution >= 4 is 5.97 Å². The van der Waals surface area contributed by atoms with Crippen molar-refractivity contribution in [3.05, 3.63) is 35.4 Å². The first-order chi connectivity index (χ1) is 7.52. The minimum absolute atomic E-state index is 0.103. The van der Waals surface area contributed by atoms with Gasteiger partial charge in [-0.2, -0.15) is 0 Å². The van der Waals surface area contributed by atoms with Crippen LogP contribution in [0, 0.1) is 6.92 Å². The van der Waals surface area contributed by atoms with Crippen molar-refractivity contribution in [1.82, 2.24) is 5.32 Å². The molecule has 1 rings (SSSR count). The molecule has 0 saturated carbocycles. The number of hydrogen-bond donors (Lipinski definition) is 3. The van der Waals surface area contributed by atoms with Crippen LogP contribution in [-0.2, 0) is 4.79 Å². The second-order valence-electron chi connectivity index (χ2n) is 3.93. The lowest BCUT2D eigenvalue weighted by Gasteiger charge is -2.17. The maximum Gasteiger partial charge on any atom is 0.321 e. The lowest BCUT2D eigenvalue weighted by molar-refractivity contribution is -0.138. The zero-order valence-corrected chi connectivity index (χ0v) is 9.60. The first kappa shape index (κ1) is 12.7. The summed E-state index contributed by atoms with van der Waals surface area (Å²) in [5, 5.41) is 11.8. The Balaban J connectivity index is 2.56. The van der Waals surface area contributed by atoms with Crippen molar-refractivity contribution in [2.45, 2.75) is 25.9 Å². The third-order valence-corrected chi connectivity index (χ3v) is 2.62. The molecule has 2 unspecified atom stereocenters. The minimum Gasteiger partial charge on any atom is -0.480 e. The summed E-state index contributed by atoms with van der Waals surface area (Å²) in [6, 6.07) is 7.26. The second-order valence-corrected chi connectivity index (χ2v) is 3.93. The molecule has 0 aliphatic carbocycles. The number of aryl methyl sites for hydroxylation is 1. The van der Waals surface area contributed by atoms with Gasteiger partial charge in [-0.1, -0.05) is 24.3 Å². The van der Waals surface area contributed by atoms with Crippen LogP contribution in [0.5, 0.6) is 0 Å². The van der Waals surface area contributed by atoms with E-state index in [1.165, 1.54) is 11.1 Å². The molecule has 16 heavy (non-hydrogen) atoms. The molecule has 2 atom stereocenters. The number of carboxylic acid groups (broad SMARTS) is 1. The highest BCUT2D eigenvalue weighted by molar-refractivity contribution is 5.73. The topological polar surface area (TPSA) is 75.3 Å². The maximum absolute atomic E-state index is 10.6. The third kappa shape index (κ3) is 3.32. The van der Waals surface area contributed by atoms with Gasteiger partial charge in [-0.15, -0.1) is 0 Å². The van der Waals surface area contributed by atoms with Crippen LogP contribution in [0.25, 0.3) is 0 Å². The van der Waals surface area contributed by atoms with Crippen molar-refractivity contribution in [3.63, 3.8) is 0 Å². The Morgan fingerprint density at radius 2 is 2.12 bits per heavy atom. The molecule has 0 aromatic heterocycles. The Morgan fingerprint density at radius 3 is 2.69 bits per heavy atom. The van der Waals surface area contributed by atoms with Crippen LogP contribution in [-0.4, -0.2) is 23.7 Å². The van der Waals surface area contributed by atoms with Crippen LogP contribution >= 0.6 is 0 Å². The predicted octanol–water partition coefficient (Wildman–Crippen LogP) is 1.06. The fourth-order valence-electron chi connectivity index (χ4n) is 1.57. The summed E-state index contributed by atoms with van der Waals surface area (Å²) in [5.74, 6) is -0.982. The summed E-state index contributed by atoms with van der Waals surface area (Å²) in [7, 11) is 0.